The molecule has 0 saturated carbocycles. The molecule has 1 aromatic carbocycles. The fourth-order valence-electron chi connectivity index (χ4n) is 2.04. The minimum absolute atomic E-state index is 0.195. The van der Waals surface area contributed by atoms with Gasteiger partial charge in [-0.1, -0.05) is 12.1 Å². The minimum atomic E-state index is -0.367. The first-order valence-corrected chi connectivity index (χ1v) is 6.97. The molecule has 118 valence electrons. The lowest BCUT2D eigenvalue weighted by atomic mass is 10.2. The Balaban J connectivity index is 1.67. The van der Waals surface area contributed by atoms with Crippen molar-refractivity contribution in [2.24, 2.45) is 7.05 Å². The second-order valence-electron chi connectivity index (χ2n) is 5.14. The number of aryl methyl sites for hydroxylation is 2. The summed E-state index contributed by atoms with van der Waals surface area (Å²) < 4.78 is 16.1. The Bertz CT molecular complexity index is 817. The Kier molecular flexibility index (Phi) is 3.88. The van der Waals surface area contributed by atoms with Crippen molar-refractivity contribution in [2.45, 2.75) is 13.5 Å². The van der Waals surface area contributed by atoms with Gasteiger partial charge in [0.05, 0.1) is 6.54 Å². The Morgan fingerprint density at radius 3 is 2.65 bits per heavy atom. The largest absolute Gasteiger partial charge is 0.288 e. The molecule has 2 heterocycles. The van der Waals surface area contributed by atoms with Crippen molar-refractivity contribution in [1.29, 1.82) is 0 Å². The van der Waals surface area contributed by atoms with Crippen molar-refractivity contribution in [3.05, 3.63) is 59.4 Å². The SMILES string of the molecule is Cc1cc(C(=O)Nc2ncn(Cc3ccc(F)cc3)n2)nn1C. The van der Waals surface area contributed by atoms with Gasteiger partial charge in [-0.2, -0.15) is 5.10 Å². The molecule has 0 spiro atoms. The summed E-state index contributed by atoms with van der Waals surface area (Å²) in [6.07, 6.45) is 1.50. The molecule has 0 atom stereocenters. The number of carbonyl (C=O) groups excluding carboxylic acids is 1. The average molecular weight is 314 g/mol. The third-order valence-electron chi connectivity index (χ3n) is 3.37. The van der Waals surface area contributed by atoms with Gasteiger partial charge < -0.3 is 0 Å². The first-order valence-electron chi connectivity index (χ1n) is 6.97. The molecule has 0 radical (unpaired) electrons. The Labute approximate surface area is 131 Å². The van der Waals surface area contributed by atoms with Crippen LogP contribution in [0.25, 0.3) is 0 Å². The van der Waals surface area contributed by atoms with E-state index in [-0.39, 0.29) is 17.7 Å². The summed E-state index contributed by atoms with van der Waals surface area (Å²) in [5.41, 5.74) is 2.07. The monoisotopic (exact) mass is 314 g/mol. The zero-order chi connectivity index (χ0) is 16.4. The maximum Gasteiger partial charge on any atom is 0.278 e. The number of nitrogens with one attached hydrogen (secondary N) is 1. The van der Waals surface area contributed by atoms with Gasteiger partial charge in [-0.15, -0.1) is 5.10 Å². The zero-order valence-corrected chi connectivity index (χ0v) is 12.7. The molecule has 23 heavy (non-hydrogen) atoms. The fourth-order valence-corrected chi connectivity index (χ4v) is 2.04. The van der Waals surface area contributed by atoms with Gasteiger partial charge in [0.2, 0.25) is 5.95 Å². The van der Waals surface area contributed by atoms with E-state index in [1.807, 2.05) is 6.92 Å². The van der Waals surface area contributed by atoms with Gasteiger partial charge in [-0.05, 0) is 30.7 Å². The third kappa shape index (κ3) is 3.42. The second-order valence-corrected chi connectivity index (χ2v) is 5.14. The molecular weight excluding hydrogens is 299 g/mol. The number of hydrogen-bond donors (Lipinski definition) is 1. The highest BCUT2D eigenvalue weighted by Gasteiger charge is 2.13. The molecule has 0 unspecified atom stereocenters. The number of carbonyl (C=O) groups is 1. The van der Waals surface area contributed by atoms with Gasteiger partial charge in [0.1, 0.15) is 12.1 Å². The first kappa shape index (κ1) is 14.9. The molecular formula is C15H15FN6O. The second kappa shape index (κ2) is 5.99. The van der Waals surface area contributed by atoms with Crippen LogP contribution in [-0.4, -0.2) is 30.5 Å². The standard InChI is InChI=1S/C15H15FN6O/c1-10-7-13(19-21(10)2)14(23)18-15-17-9-22(20-15)8-11-3-5-12(16)6-4-11/h3-7,9H,8H2,1-2H3,(H,18,20,23). The van der Waals surface area contributed by atoms with E-state index in [9.17, 15) is 9.18 Å². The number of benzene rings is 1. The van der Waals surface area contributed by atoms with Crippen LogP contribution in [0.15, 0.2) is 36.7 Å². The predicted octanol–water partition coefficient (Wildman–Crippen LogP) is 1.76. The number of rotatable bonds is 4. The summed E-state index contributed by atoms with van der Waals surface area (Å²) in [6, 6.07) is 7.80. The van der Waals surface area contributed by atoms with Crippen molar-refractivity contribution < 1.29 is 9.18 Å². The van der Waals surface area contributed by atoms with E-state index < -0.39 is 0 Å². The number of hydrogen-bond acceptors (Lipinski definition) is 4. The van der Waals surface area contributed by atoms with Gasteiger partial charge in [0.15, 0.2) is 5.69 Å². The molecule has 7 nitrogen and oxygen atoms in total. The molecule has 3 aromatic rings. The molecule has 3 rings (SSSR count). The summed E-state index contributed by atoms with van der Waals surface area (Å²) >= 11 is 0. The lowest BCUT2D eigenvalue weighted by Crippen LogP contribution is -2.14. The Morgan fingerprint density at radius 2 is 2.00 bits per heavy atom. The van der Waals surface area contributed by atoms with E-state index in [2.05, 4.69) is 20.5 Å². The van der Waals surface area contributed by atoms with Crippen LogP contribution in [0.3, 0.4) is 0 Å². The predicted molar refractivity (Wildman–Crippen MR) is 81.4 cm³/mol. The first-order chi connectivity index (χ1) is 11.0. The Morgan fingerprint density at radius 1 is 1.26 bits per heavy atom. The van der Waals surface area contributed by atoms with E-state index >= 15 is 0 Å². The van der Waals surface area contributed by atoms with Crippen LogP contribution < -0.4 is 5.32 Å². The summed E-state index contributed by atoms with van der Waals surface area (Å²) in [5, 5.41) is 10.9. The normalized spacial score (nSPS) is 10.7. The highest BCUT2D eigenvalue weighted by Crippen LogP contribution is 2.07. The van der Waals surface area contributed by atoms with Crippen LogP contribution in [-0.2, 0) is 13.6 Å². The number of halogens is 1. The van der Waals surface area contributed by atoms with Crippen LogP contribution >= 0.6 is 0 Å². The number of nitrogens with zero attached hydrogens (tertiary/aromatic N) is 5. The summed E-state index contributed by atoms with van der Waals surface area (Å²) in [4.78, 5) is 16.1. The van der Waals surface area contributed by atoms with Crippen molar-refractivity contribution in [3.8, 4) is 0 Å². The van der Waals surface area contributed by atoms with Crippen molar-refractivity contribution in [1.82, 2.24) is 24.5 Å². The van der Waals surface area contributed by atoms with Gasteiger partial charge in [0.25, 0.3) is 5.91 Å². The summed E-state index contributed by atoms with van der Waals surface area (Å²) in [6.45, 7) is 2.30. The molecule has 8 heteroatoms. The van der Waals surface area contributed by atoms with Crippen molar-refractivity contribution >= 4 is 11.9 Å². The summed E-state index contributed by atoms with van der Waals surface area (Å²) in [7, 11) is 1.77. The molecule has 0 aliphatic rings. The van der Waals surface area contributed by atoms with E-state index in [4.69, 9.17) is 0 Å². The van der Waals surface area contributed by atoms with E-state index in [1.54, 1.807) is 34.6 Å². The molecule has 2 aromatic heterocycles. The van der Waals surface area contributed by atoms with Gasteiger partial charge >= 0.3 is 0 Å². The van der Waals surface area contributed by atoms with Crippen LogP contribution in [0, 0.1) is 12.7 Å². The van der Waals surface area contributed by atoms with Gasteiger partial charge in [-0.25, -0.2) is 14.1 Å². The number of aromatic nitrogens is 5. The van der Waals surface area contributed by atoms with E-state index in [1.165, 1.54) is 18.5 Å². The van der Waals surface area contributed by atoms with E-state index in [0.29, 0.717) is 12.2 Å². The molecule has 0 aliphatic carbocycles. The minimum Gasteiger partial charge on any atom is -0.288 e. The highest BCUT2D eigenvalue weighted by molar-refractivity contribution is 6.01. The number of amides is 1. The van der Waals surface area contributed by atoms with Crippen LogP contribution in [0.5, 0.6) is 0 Å². The average Bonchev–Trinajstić information content (AvgIpc) is 3.09. The molecule has 1 amide bonds. The molecule has 0 saturated heterocycles. The topological polar surface area (TPSA) is 77.6 Å². The van der Waals surface area contributed by atoms with E-state index in [0.717, 1.165) is 11.3 Å². The van der Waals surface area contributed by atoms with Gasteiger partial charge in [-0.3, -0.25) is 14.8 Å². The molecule has 0 aliphatic heterocycles. The molecule has 0 bridgehead atoms. The van der Waals surface area contributed by atoms with Crippen LogP contribution in [0.1, 0.15) is 21.7 Å². The van der Waals surface area contributed by atoms with Gasteiger partial charge in [0, 0.05) is 12.7 Å². The highest BCUT2D eigenvalue weighted by atomic mass is 19.1. The smallest absolute Gasteiger partial charge is 0.278 e. The molecule has 1 N–H and O–H groups in total. The van der Waals surface area contributed by atoms with Crippen molar-refractivity contribution in [2.75, 3.05) is 5.32 Å². The maximum atomic E-state index is 12.9. The quantitative estimate of drug-likeness (QED) is 0.796. The van der Waals surface area contributed by atoms with Crippen molar-refractivity contribution in [3.63, 3.8) is 0 Å². The van der Waals surface area contributed by atoms with Crippen LogP contribution in [0.2, 0.25) is 0 Å². The zero-order valence-electron chi connectivity index (χ0n) is 12.7. The fraction of sp³-hybridized carbons (Fsp3) is 0.200. The maximum absolute atomic E-state index is 12.9. The lowest BCUT2D eigenvalue weighted by Gasteiger charge is -2.01. The number of anilines is 1. The summed E-state index contributed by atoms with van der Waals surface area (Å²) in [5.74, 6) is -0.459. The third-order valence-corrected chi connectivity index (χ3v) is 3.37. The molecule has 0 fully saturated rings. The Hall–Kier alpha value is -3.03. The lowest BCUT2D eigenvalue weighted by molar-refractivity contribution is 0.102. The van der Waals surface area contributed by atoms with Crippen LogP contribution in [0.4, 0.5) is 10.3 Å².